The minimum atomic E-state index is -4.29. The molecule has 136 valence electrons. The van der Waals surface area contributed by atoms with Crippen molar-refractivity contribution in [1.29, 1.82) is 0 Å². The topological polar surface area (TPSA) is 86.8 Å². The fourth-order valence-corrected chi connectivity index (χ4v) is 3.82. The van der Waals surface area contributed by atoms with Gasteiger partial charge in [0, 0.05) is 32.2 Å². The monoisotopic (exact) mass is 369 g/mol. The second kappa shape index (κ2) is 7.09. The van der Waals surface area contributed by atoms with Crippen LogP contribution in [0.5, 0.6) is 0 Å². The summed E-state index contributed by atoms with van der Waals surface area (Å²) in [5.74, 6) is -0.905. The van der Waals surface area contributed by atoms with Gasteiger partial charge in [-0.15, -0.1) is 0 Å². The highest BCUT2D eigenvalue weighted by atomic mass is 32.2. The molecule has 1 aliphatic heterocycles. The molecule has 0 bridgehead atoms. The van der Waals surface area contributed by atoms with E-state index in [1.165, 1.54) is 12.8 Å². The molecule has 0 spiro atoms. The number of halogens is 1. The average Bonchev–Trinajstić information content (AvgIpc) is 3.45. The number of amides is 2. The van der Waals surface area contributed by atoms with Gasteiger partial charge in [-0.2, -0.15) is 0 Å². The van der Waals surface area contributed by atoms with Gasteiger partial charge in [0.1, 0.15) is 5.82 Å². The maximum absolute atomic E-state index is 12.9. The lowest BCUT2D eigenvalue weighted by atomic mass is 10.3. The first kappa shape index (κ1) is 17.8. The number of hydrogen-bond acceptors (Lipinski definition) is 5. The highest BCUT2D eigenvalue weighted by Crippen LogP contribution is 2.27. The first-order valence-corrected chi connectivity index (χ1v) is 9.66. The summed E-state index contributed by atoms with van der Waals surface area (Å²) in [5, 5.41) is 0.894. The van der Waals surface area contributed by atoms with E-state index in [0.29, 0.717) is 19.1 Å². The van der Waals surface area contributed by atoms with Gasteiger partial charge in [0.15, 0.2) is 0 Å². The van der Waals surface area contributed by atoms with Crippen molar-refractivity contribution >= 4 is 21.0 Å². The van der Waals surface area contributed by atoms with E-state index in [9.17, 15) is 22.4 Å². The molecule has 1 heterocycles. The van der Waals surface area contributed by atoms with Crippen LogP contribution in [0.2, 0.25) is 0 Å². The van der Waals surface area contributed by atoms with Crippen LogP contribution in [0.15, 0.2) is 29.2 Å². The van der Waals surface area contributed by atoms with Gasteiger partial charge in [0.2, 0.25) is 5.91 Å². The molecule has 1 N–H and O–H groups in total. The molecule has 1 saturated heterocycles. The number of nitrogens with one attached hydrogen (secondary N) is 1. The Kier molecular flexibility index (Phi) is 5.05. The largest absolute Gasteiger partial charge is 0.341 e. The quantitative estimate of drug-likeness (QED) is 0.786. The number of piperazine rings is 1. The number of sulfone groups is 1. The van der Waals surface area contributed by atoms with E-state index in [-0.39, 0.29) is 17.3 Å². The Balaban J connectivity index is 1.51. The Labute approximate surface area is 145 Å². The highest BCUT2D eigenvalue weighted by molar-refractivity contribution is 8.06. The van der Waals surface area contributed by atoms with Gasteiger partial charge in [-0.25, -0.2) is 12.8 Å². The van der Waals surface area contributed by atoms with Gasteiger partial charge < -0.3 is 10.2 Å². The van der Waals surface area contributed by atoms with E-state index in [4.69, 9.17) is 0 Å². The molecule has 0 aromatic heterocycles. The third-order valence-corrected chi connectivity index (χ3v) is 6.01. The fourth-order valence-electron chi connectivity index (χ4n) is 2.85. The van der Waals surface area contributed by atoms with Gasteiger partial charge in [0.25, 0.3) is 9.84 Å². The van der Waals surface area contributed by atoms with E-state index in [2.05, 4.69) is 10.2 Å². The molecule has 1 aromatic rings. The second-order valence-electron chi connectivity index (χ2n) is 6.25. The van der Waals surface area contributed by atoms with Crippen LogP contribution in [0.25, 0.3) is 0 Å². The number of nitrogens with zero attached hydrogens (tertiary/aromatic N) is 2. The number of carbonyl (C=O) groups is 2. The molecule has 0 radical (unpaired) electrons. The van der Waals surface area contributed by atoms with Crippen molar-refractivity contribution in [1.82, 2.24) is 15.1 Å². The van der Waals surface area contributed by atoms with E-state index in [0.717, 1.165) is 37.4 Å². The minimum absolute atomic E-state index is 0.307. The number of hydrogen-bond donors (Lipinski definition) is 1. The zero-order valence-corrected chi connectivity index (χ0v) is 14.5. The van der Waals surface area contributed by atoms with E-state index in [1.807, 2.05) is 0 Å². The molecule has 25 heavy (non-hydrogen) atoms. The van der Waals surface area contributed by atoms with Crippen LogP contribution in [0, 0.1) is 5.82 Å². The molecule has 0 atom stereocenters. The average molecular weight is 369 g/mol. The Morgan fingerprint density at radius 2 is 1.68 bits per heavy atom. The Bertz CT molecular complexity index is 754. The van der Waals surface area contributed by atoms with Crippen LogP contribution in [0.4, 0.5) is 9.18 Å². The first-order chi connectivity index (χ1) is 11.9. The molecule has 0 unspecified atom stereocenters. The molecule has 3 rings (SSSR count). The Morgan fingerprint density at radius 1 is 1.08 bits per heavy atom. The summed E-state index contributed by atoms with van der Waals surface area (Å²) in [5.41, 5.74) is 0. The molecule has 1 saturated carbocycles. The van der Waals surface area contributed by atoms with Crippen molar-refractivity contribution in [2.75, 3.05) is 32.7 Å². The zero-order valence-electron chi connectivity index (χ0n) is 13.7. The highest BCUT2D eigenvalue weighted by Gasteiger charge is 2.32. The summed E-state index contributed by atoms with van der Waals surface area (Å²) in [6, 6.07) is 4.61. The first-order valence-electron chi connectivity index (χ1n) is 8.18. The molecule has 2 fully saturated rings. The lowest BCUT2D eigenvalue weighted by molar-refractivity contribution is -0.131. The summed E-state index contributed by atoms with van der Waals surface area (Å²) in [6.45, 7) is 2.39. The third kappa shape index (κ3) is 4.16. The van der Waals surface area contributed by atoms with Crippen LogP contribution >= 0.6 is 0 Å². The number of rotatable bonds is 4. The van der Waals surface area contributed by atoms with Gasteiger partial charge in [-0.1, -0.05) is 0 Å². The van der Waals surface area contributed by atoms with Crippen LogP contribution in [0.1, 0.15) is 12.8 Å². The van der Waals surface area contributed by atoms with Crippen LogP contribution in [0.3, 0.4) is 0 Å². The van der Waals surface area contributed by atoms with Crippen LogP contribution in [-0.4, -0.2) is 68.1 Å². The molecular formula is C16H20FN3O4S. The fraction of sp³-hybridized carbons (Fsp3) is 0.500. The van der Waals surface area contributed by atoms with E-state index < -0.39 is 20.9 Å². The SMILES string of the molecule is O=C(CNC(=O)S(=O)(=O)c1ccc(F)cc1)N1CCN(C2CC2)CC1. The van der Waals surface area contributed by atoms with Crippen molar-refractivity contribution in [3.63, 3.8) is 0 Å². The van der Waals surface area contributed by atoms with Crippen LogP contribution in [-0.2, 0) is 14.6 Å². The summed E-state index contributed by atoms with van der Waals surface area (Å²) in [7, 11) is -4.29. The van der Waals surface area contributed by atoms with Gasteiger partial charge >= 0.3 is 5.24 Å². The zero-order chi connectivity index (χ0) is 18.0. The molecule has 2 amide bonds. The Morgan fingerprint density at radius 3 is 2.24 bits per heavy atom. The summed E-state index contributed by atoms with van der Waals surface area (Å²) in [6.07, 6.45) is 2.43. The molecule has 7 nitrogen and oxygen atoms in total. The molecule has 1 aliphatic carbocycles. The van der Waals surface area contributed by atoms with Gasteiger partial charge in [-0.05, 0) is 37.1 Å². The normalized spacial score (nSPS) is 18.8. The number of benzene rings is 1. The smallest absolute Gasteiger partial charge is 0.339 e. The van der Waals surface area contributed by atoms with E-state index in [1.54, 1.807) is 4.90 Å². The minimum Gasteiger partial charge on any atom is -0.339 e. The standard InChI is InChI=1S/C16H20FN3O4S/c17-12-1-5-14(6-2-12)25(23,24)16(22)18-11-15(21)20-9-7-19(8-10-20)13-3-4-13/h1-2,5-6,13H,3-4,7-11H2,(H,18,22). The van der Waals surface area contributed by atoms with Crippen molar-refractivity contribution in [2.45, 2.75) is 23.8 Å². The van der Waals surface area contributed by atoms with Crippen molar-refractivity contribution in [3.8, 4) is 0 Å². The molecular weight excluding hydrogens is 349 g/mol. The van der Waals surface area contributed by atoms with Crippen molar-refractivity contribution in [3.05, 3.63) is 30.1 Å². The summed E-state index contributed by atoms with van der Waals surface area (Å²) >= 11 is 0. The molecule has 1 aromatic carbocycles. The van der Waals surface area contributed by atoms with Crippen molar-refractivity contribution < 1.29 is 22.4 Å². The summed E-state index contributed by atoms with van der Waals surface area (Å²) < 4.78 is 37.1. The predicted molar refractivity (Wildman–Crippen MR) is 88.2 cm³/mol. The maximum atomic E-state index is 12.9. The van der Waals surface area contributed by atoms with Crippen molar-refractivity contribution in [2.24, 2.45) is 0 Å². The Hall–Kier alpha value is -2.00. The third-order valence-electron chi connectivity index (χ3n) is 4.48. The van der Waals surface area contributed by atoms with Gasteiger partial charge in [0.05, 0.1) is 11.4 Å². The lowest BCUT2D eigenvalue weighted by Gasteiger charge is -2.34. The lowest BCUT2D eigenvalue weighted by Crippen LogP contribution is -2.51. The number of carbonyl (C=O) groups excluding carboxylic acids is 2. The molecule has 9 heteroatoms. The van der Waals surface area contributed by atoms with Crippen LogP contribution < -0.4 is 5.32 Å². The van der Waals surface area contributed by atoms with E-state index >= 15 is 0 Å². The maximum Gasteiger partial charge on any atom is 0.341 e. The predicted octanol–water partition coefficient (Wildman–Crippen LogP) is 0.616. The second-order valence-corrected chi connectivity index (χ2v) is 8.10. The summed E-state index contributed by atoms with van der Waals surface area (Å²) in [4.78, 5) is 27.7. The molecule has 2 aliphatic rings. The van der Waals surface area contributed by atoms with Gasteiger partial charge in [-0.3, -0.25) is 14.5 Å².